The van der Waals surface area contributed by atoms with Gasteiger partial charge in [0.05, 0.1) is 6.61 Å². The summed E-state index contributed by atoms with van der Waals surface area (Å²) >= 11 is 0. The number of nitrogens with zero attached hydrogens (tertiary/aromatic N) is 4. The van der Waals surface area contributed by atoms with Crippen molar-refractivity contribution in [1.29, 1.82) is 0 Å². The van der Waals surface area contributed by atoms with Gasteiger partial charge in [0.1, 0.15) is 6.54 Å². The van der Waals surface area contributed by atoms with Gasteiger partial charge in [-0.1, -0.05) is 19.3 Å². The van der Waals surface area contributed by atoms with E-state index in [1.165, 1.54) is 18.8 Å². The van der Waals surface area contributed by atoms with Gasteiger partial charge < -0.3 is 9.84 Å². The number of imide groups is 1. The maximum atomic E-state index is 12.3. The van der Waals surface area contributed by atoms with E-state index < -0.39 is 24.6 Å². The van der Waals surface area contributed by atoms with Crippen LogP contribution in [-0.2, 0) is 9.53 Å². The molecular formula is C15H18N4O5. The van der Waals surface area contributed by atoms with Gasteiger partial charge in [-0.15, -0.1) is 0 Å². The number of ether oxygens (including phenoxy) is 1. The monoisotopic (exact) mass is 334 g/mol. The zero-order chi connectivity index (χ0) is 17.1. The molecule has 0 unspecified atom stereocenters. The zero-order valence-electron chi connectivity index (χ0n) is 13.1. The molecule has 0 saturated heterocycles. The number of fused-ring (bicyclic) bond motifs is 1. The highest BCUT2D eigenvalue weighted by Crippen LogP contribution is 2.30. The Bertz CT molecular complexity index is 659. The van der Waals surface area contributed by atoms with Crippen LogP contribution in [0.2, 0.25) is 0 Å². The predicted octanol–water partition coefficient (Wildman–Crippen LogP) is 2.02. The van der Waals surface area contributed by atoms with Crippen molar-refractivity contribution in [2.45, 2.75) is 32.1 Å². The lowest BCUT2D eigenvalue weighted by Crippen LogP contribution is -2.51. The number of amides is 3. The Kier molecular flexibility index (Phi) is 4.59. The van der Waals surface area contributed by atoms with E-state index in [-0.39, 0.29) is 18.2 Å². The molecule has 2 heterocycles. The molecule has 1 aromatic heterocycles. The number of hydrogen-bond acceptors (Lipinski definition) is 6. The van der Waals surface area contributed by atoms with E-state index in [0.29, 0.717) is 5.92 Å². The lowest BCUT2D eigenvalue weighted by atomic mass is 9.90. The highest BCUT2D eigenvalue weighted by molar-refractivity contribution is 6.18. The number of carboxylic acid groups (broad SMARTS) is 1. The van der Waals surface area contributed by atoms with E-state index in [0.717, 1.165) is 35.5 Å². The Morgan fingerprint density at radius 2 is 1.83 bits per heavy atom. The Morgan fingerprint density at radius 1 is 1.17 bits per heavy atom. The van der Waals surface area contributed by atoms with Crippen LogP contribution < -0.4 is 9.80 Å². The number of anilines is 2. The predicted molar refractivity (Wildman–Crippen MR) is 82.8 cm³/mol. The minimum atomic E-state index is -1.33. The third kappa shape index (κ3) is 3.15. The molecule has 3 rings (SSSR count). The summed E-state index contributed by atoms with van der Waals surface area (Å²) in [5.74, 6) is -0.581. The Labute approximate surface area is 138 Å². The van der Waals surface area contributed by atoms with Crippen molar-refractivity contribution in [2.24, 2.45) is 5.92 Å². The molecule has 1 aliphatic carbocycles. The molecule has 0 atom stereocenters. The normalized spacial score (nSPS) is 18.2. The largest absolute Gasteiger partial charge is 0.465 e. The van der Waals surface area contributed by atoms with E-state index in [4.69, 9.17) is 4.74 Å². The first kappa shape index (κ1) is 16.2. The Hall–Kier alpha value is -2.71. The summed E-state index contributed by atoms with van der Waals surface area (Å²) in [6, 6.07) is 0. The van der Waals surface area contributed by atoms with Gasteiger partial charge in [0.25, 0.3) is 5.91 Å². The van der Waals surface area contributed by atoms with Crippen molar-refractivity contribution >= 4 is 29.7 Å². The van der Waals surface area contributed by atoms with Gasteiger partial charge in [-0.25, -0.2) is 24.5 Å². The molecule has 3 amide bonds. The first-order valence-electron chi connectivity index (χ1n) is 7.89. The van der Waals surface area contributed by atoms with Gasteiger partial charge in [0.15, 0.2) is 11.6 Å². The number of rotatable bonds is 2. The van der Waals surface area contributed by atoms with Crippen LogP contribution in [0.15, 0.2) is 12.4 Å². The van der Waals surface area contributed by atoms with Gasteiger partial charge in [-0.3, -0.25) is 4.79 Å². The van der Waals surface area contributed by atoms with Crippen molar-refractivity contribution in [1.82, 2.24) is 9.97 Å². The third-order valence-electron chi connectivity index (χ3n) is 4.25. The van der Waals surface area contributed by atoms with Crippen LogP contribution in [-0.4, -0.2) is 46.3 Å². The fourth-order valence-electron chi connectivity index (χ4n) is 3.02. The average molecular weight is 334 g/mol. The highest BCUT2D eigenvalue weighted by Gasteiger charge is 2.39. The smallest absolute Gasteiger partial charge is 0.422 e. The fourth-order valence-corrected chi connectivity index (χ4v) is 3.02. The molecule has 1 aromatic rings. The lowest BCUT2D eigenvalue weighted by molar-refractivity contribution is -0.117. The average Bonchev–Trinajstić information content (AvgIpc) is 2.59. The molecule has 0 aromatic carbocycles. The van der Waals surface area contributed by atoms with Crippen molar-refractivity contribution in [3.8, 4) is 0 Å². The van der Waals surface area contributed by atoms with Crippen LogP contribution in [0, 0.1) is 5.92 Å². The van der Waals surface area contributed by atoms with Crippen molar-refractivity contribution < 1.29 is 24.2 Å². The molecule has 1 aliphatic heterocycles. The molecule has 0 spiro atoms. The Morgan fingerprint density at radius 3 is 2.50 bits per heavy atom. The second-order valence-electron chi connectivity index (χ2n) is 5.88. The summed E-state index contributed by atoms with van der Waals surface area (Å²) in [7, 11) is 0. The Balaban J connectivity index is 1.76. The molecule has 1 saturated carbocycles. The summed E-state index contributed by atoms with van der Waals surface area (Å²) in [6.07, 6.45) is 5.87. The van der Waals surface area contributed by atoms with Crippen LogP contribution >= 0.6 is 0 Å². The number of carbonyl (C=O) groups excluding carboxylic acids is 2. The molecule has 24 heavy (non-hydrogen) atoms. The van der Waals surface area contributed by atoms with Crippen LogP contribution in [0.1, 0.15) is 32.1 Å². The molecule has 1 fully saturated rings. The quantitative estimate of drug-likeness (QED) is 0.880. The zero-order valence-corrected chi connectivity index (χ0v) is 13.1. The minimum absolute atomic E-state index is 0.0563. The first-order chi connectivity index (χ1) is 11.6. The van der Waals surface area contributed by atoms with E-state index in [1.807, 2.05) is 0 Å². The number of carbonyl (C=O) groups is 3. The van der Waals surface area contributed by atoms with Gasteiger partial charge in [-0.05, 0) is 18.8 Å². The van der Waals surface area contributed by atoms with Crippen LogP contribution in [0.5, 0.6) is 0 Å². The molecule has 9 heteroatoms. The van der Waals surface area contributed by atoms with E-state index in [2.05, 4.69) is 9.97 Å². The summed E-state index contributed by atoms with van der Waals surface area (Å²) in [5, 5.41) is 9.17. The summed E-state index contributed by atoms with van der Waals surface area (Å²) < 4.78 is 5.28. The van der Waals surface area contributed by atoms with E-state index in [1.54, 1.807) is 0 Å². The fraction of sp³-hybridized carbons (Fsp3) is 0.533. The molecule has 0 radical (unpaired) electrons. The summed E-state index contributed by atoms with van der Waals surface area (Å²) in [4.78, 5) is 45.2. The van der Waals surface area contributed by atoms with Crippen molar-refractivity contribution in [3.05, 3.63) is 12.4 Å². The molecule has 1 N–H and O–H groups in total. The SMILES string of the molecule is O=C(O)N1CC(=O)N(C(=O)OCC2CCCCC2)c2nccnc21. The number of aromatic nitrogens is 2. The molecule has 128 valence electrons. The topological polar surface area (TPSA) is 113 Å². The maximum absolute atomic E-state index is 12.3. The highest BCUT2D eigenvalue weighted by atomic mass is 16.6. The van der Waals surface area contributed by atoms with Crippen LogP contribution in [0.4, 0.5) is 21.2 Å². The molecule has 9 nitrogen and oxygen atoms in total. The lowest BCUT2D eigenvalue weighted by Gasteiger charge is -2.31. The second kappa shape index (κ2) is 6.81. The van der Waals surface area contributed by atoms with Crippen LogP contribution in [0.25, 0.3) is 0 Å². The van der Waals surface area contributed by atoms with Crippen molar-refractivity contribution in [2.75, 3.05) is 23.0 Å². The number of hydrogen-bond donors (Lipinski definition) is 1. The standard InChI is InChI=1S/C15H18N4O5/c20-11-8-18(14(21)22)12-13(17-7-6-16-12)19(11)15(23)24-9-10-4-2-1-3-5-10/h6-7,10H,1-5,8-9H2,(H,21,22). The van der Waals surface area contributed by atoms with E-state index >= 15 is 0 Å². The summed E-state index contributed by atoms with van der Waals surface area (Å²) in [5.41, 5.74) is 0. The van der Waals surface area contributed by atoms with Gasteiger partial charge in [0, 0.05) is 12.4 Å². The summed E-state index contributed by atoms with van der Waals surface area (Å²) in [6.45, 7) is -0.250. The molecular weight excluding hydrogens is 316 g/mol. The second-order valence-corrected chi connectivity index (χ2v) is 5.88. The maximum Gasteiger partial charge on any atom is 0.422 e. The molecule has 0 bridgehead atoms. The van der Waals surface area contributed by atoms with Crippen LogP contribution in [0.3, 0.4) is 0 Å². The van der Waals surface area contributed by atoms with Gasteiger partial charge in [-0.2, -0.15) is 4.90 Å². The first-order valence-corrected chi connectivity index (χ1v) is 7.89. The third-order valence-corrected chi connectivity index (χ3v) is 4.25. The van der Waals surface area contributed by atoms with Gasteiger partial charge >= 0.3 is 12.2 Å². The van der Waals surface area contributed by atoms with E-state index in [9.17, 15) is 19.5 Å². The van der Waals surface area contributed by atoms with Crippen molar-refractivity contribution in [3.63, 3.8) is 0 Å². The molecule has 2 aliphatic rings. The van der Waals surface area contributed by atoms with Gasteiger partial charge in [0.2, 0.25) is 0 Å². The minimum Gasteiger partial charge on any atom is -0.465 e.